The second-order valence-electron chi connectivity index (χ2n) is 10.0. The van der Waals surface area contributed by atoms with E-state index in [-0.39, 0.29) is 17.9 Å². The van der Waals surface area contributed by atoms with Crippen LogP contribution in [0.25, 0.3) is 0 Å². The van der Waals surface area contributed by atoms with Crippen molar-refractivity contribution in [2.24, 2.45) is 5.92 Å². The van der Waals surface area contributed by atoms with Gasteiger partial charge in [0.1, 0.15) is 11.6 Å². The van der Waals surface area contributed by atoms with Crippen LogP contribution in [0.1, 0.15) is 76.7 Å². The molecule has 6 heteroatoms. The van der Waals surface area contributed by atoms with E-state index in [9.17, 15) is 9.59 Å². The van der Waals surface area contributed by atoms with E-state index in [2.05, 4.69) is 23.2 Å². The molecule has 1 atom stereocenters. The number of halogens is 1. The first kappa shape index (κ1) is 23.6. The van der Waals surface area contributed by atoms with Gasteiger partial charge < -0.3 is 10.2 Å². The number of hydrogen-bond donors (Lipinski definition) is 1. The zero-order valence-electron chi connectivity index (χ0n) is 19.5. The first-order valence-electron chi connectivity index (χ1n) is 12.6. The van der Waals surface area contributed by atoms with E-state index in [0.29, 0.717) is 25.3 Å². The molecule has 2 aliphatic heterocycles. The molecule has 4 rings (SSSR count). The summed E-state index contributed by atoms with van der Waals surface area (Å²) in [4.78, 5) is 31.5. The van der Waals surface area contributed by atoms with Gasteiger partial charge in [0, 0.05) is 31.2 Å². The summed E-state index contributed by atoms with van der Waals surface area (Å²) in [6, 6.07) is 7.64. The summed E-state index contributed by atoms with van der Waals surface area (Å²) in [5, 5.41) is 3.94. The van der Waals surface area contributed by atoms with Crippen molar-refractivity contribution in [1.82, 2.24) is 15.1 Å². The Morgan fingerprint density at radius 2 is 1.88 bits per heavy atom. The van der Waals surface area contributed by atoms with Gasteiger partial charge in [0.2, 0.25) is 11.8 Å². The number of piperidine rings is 1. The number of carbonyl (C=O) groups excluding carboxylic acids is 2. The summed E-state index contributed by atoms with van der Waals surface area (Å²) in [5.74, 6) is 0.808. The number of hydrogen-bond acceptors (Lipinski definition) is 3. The van der Waals surface area contributed by atoms with Crippen molar-refractivity contribution in [3.05, 3.63) is 34.9 Å². The Morgan fingerprint density at radius 3 is 2.56 bits per heavy atom. The fraction of sp³-hybridized carbons (Fsp3) is 0.692. The van der Waals surface area contributed by atoms with Gasteiger partial charge in [0.15, 0.2) is 0 Å². The predicted molar refractivity (Wildman–Crippen MR) is 128 cm³/mol. The average molecular weight is 460 g/mol. The number of amides is 2. The first-order valence-corrected chi connectivity index (χ1v) is 13.0. The van der Waals surface area contributed by atoms with E-state index in [1.807, 2.05) is 23.1 Å². The molecule has 3 fully saturated rings. The molecule has 5 nitrogen and oxygen atoms in total. The average Bonchev–Trinajstić information content (AvgIpc) is 2.80. The molecule has 2 amide bonds. The van der Waals surface area contributed by atoms with Crippen LogP contribution in [0.4, 0.5) is 0 Å². The molecule has 176 valence electrons. The van der Waals surface area contributed by atoms with Gasteiger partial charge >= 0.3 is 0 Å². The van der Waals surface area contributed by atoms with Gasteiger partial charge in [0.05, 0.1) is 0 Å². The maximum absolute atomic E-state index is 13.6. The van der Waals surface area contributed by atoms with Crippen LogP contribution in [0.15, 0.2) is 24.3 Å². The van der Waals surface area contributed by atoms with Crippen molar-refractivity contribution < 1.29 is 9.59 Å². The molecular formula is C26H38ClN3O2. The van der Waals surface area contributed by atoms with Crippen molar-refractivity contribution in [2.45, 2.75) is 89.3 Å². The number of carbonyl (C=O) groups is 2. The maximum atomic E-state index is 13.6. The summed E-state index contributed by atoms with van der Waals surface area (Å²) < 4.78 is 0. The maximum Gasteiger partial charge on any atom is 0.246 e. The molecule has 1 unspecified atom stereocenters. The number of rotatable bonds is 7. The lowest BCUT2D eigenvalue weighted by Crippen LogP contribution is -2.73. The monoisotopic (exact) mass is 459 g/mol. The summed E-state index contributed by atoms with van der Waals surface area (Å²) >= 11 is 6.15. The van der Waals surface area contributed by atoms with Crippen LogP contribution in [-0.4, -0.2) is 52.8 Å². The fourth-order valence-corrected chi connectivity index (χ4v) is 6.12. The van der Waals surface area contributed by atoms with Crippen molar-refractivity contribution in [3.63, 3.8) is 0 Å². The minimum atomic E-state index is -0.680. The molecule has 1 N–H and O–H groups in total. The number of piperazine rings is 1. The van der Waals surface area contributed by atoms with Crippen molar-refractivity contribution in [3.8, 4) is 0 Å². The molecule has 0 radical (unpaired) electrons. The van der Waals surface area contributed by atoms with Crippen molar-refractivity contribution in [1.29, 1.82) is 0 Å². The van der Waals surface area contributed by atoms with Gasteiger partial charge in [-0.25, -0.2) is 0 Å². The predicted octanol–water partition coefficient (Wildman–Crippen LogP) is 4.77. The summed E-state index contributed by atoms with van der Waals surface area (Å²) in [7, 11) is 0. The second-order valence-corrected chi connectivity index (χ2v) is 10.5. The Bertz CT molecular complexity index is 800. The second kappa shape index (κ2) is 10.6. The van der Waals surface area contributed by atoms with Crippen LogP contribution in [0, 0.1) is 5.92 Å². The number of benzene rings is 1. The minimum Gasteiger partial charge on any atom is -0.342 e. The summed E-state index contributed by atoms with van der Waals surface area (Å²) in [5.41, 5.74) is 0.508. The number of nitrogens with zero attached hydrogens (tertiary/aromatic N) is 2. The van der Waals surface area contributed by atoms with Crippen LogP contribution in [0.5, 0.6) is 0 Å². The van der Waals surface area contributed by atoms with E-state index >= 15 is 0 Å². The van der Waals surface area contributed by atoms with Gasteiger partial charge in [-0.05, 0) is 49.3 Å². The lowest BCUT2D eigenvalue weighted by Gasteiger charge is -2.52. The molecule has 1 aromatic rings. The third kappa shape index (κ3) is 5.14. The van der Waals surface area contributed by atoms with Crippen LogP contribution in [0.2, 0.25) is 5.02 Å². The van der Waals surface area contributed by atoms with Crippen molar-refractivity contribution >= 4 is 23.4 Å². The molecule has 1 spiro atoms. The molecule has 0 aromatic heterocycles. The number of likely N-dealkylation sites (tertiary alicyclic amines) is 1. The van der Waals surface area contributed by atoms with E-state index in [1.165, 1.54) is 37.7 Å². The highest BCUT2D eigenvalue weighted by molar-refractivity contribution is 6.30. The molecule has 2 heterocycles. The van der Waals surface area contributed by atoms with Crippen LogP contribution >= 0.6 is 11.6 Å². The van der Waals surface area contributed by atoms with E-state index < -0.39 is 5.54 Å². The lowest BCUT2D eigenvalue weighted by atomic mass is 9.79. The molecule has 1 aliphatic carbocycles. The lowest BCUT2D eigenvalue weighted by molar-refractivity contribution is -0.162. The van der Waals surface area contributed by atoms with Crippen molar-refractivity contribution in [2.75, 3.05) is 19.6 Å². The Hall–Kier alpha value is -1.59. The van der Waals surface area contributed by atoms with Crippen LogP contribution in [0.3, 0.4) is 0 Å². The Kier molecular flexibility index (Phi) is 7.78. The van der Waals surface area contributed by atoms with E-state index in [1.54, 1.807) is 0 Å². The fourth-order valence-electron chi connectivity index (χ4n) is 5.90. The Labute approximate surface area is 197 Å². The smallest absolute Gasteiger partial charge is 0.246 e. The van der Waals surface area contributed by atoms with E-state index in [0.717, 1.165) is 43.9 Å². The molecular weight excluding hydrogens is 422 g/mol. The highest BCUT2D eigenvalue weighted by atomic mass is 35.5. The van der Waals surface area contributed by atoms with Crippen LogP contribution in [-0.2, 0) is 16.1 Å². The Balaban J connectivity index is 1.44. The zero-order chi connectivity index (χ0) is 22.6. The first-order chi connectivity index (χ1) is 15.5. The largest absolute Gasteiger partial charge is 0.342 e. The zero-order valence-corrected chi connectivity index (χ0v) is 20.2. The highest BCUT2D eigenvalue weighted by Gasteiger charge is 2.53. The Morgan fingerprint density at radius 1 is 1.12 bits per heavy atom. The van der Waals surface area contributed by atoms with Gasteiger partial charge in [-0.1, -0.05) is 69.2 Å². The number of nitrogens with one attached hydrogen (secondary N) is 1. The molecule has 1 saturated carbocycles. The molecule has 0 bridgehead atoms. The highest BCUT2D eigenvalue weighted by Crippen LogP contribution is 2.36. The summed E-state index contributed by atoms with van der Waals surface area (Å²) in [6.07, 6.45) is 10.4. The van der Waals surface area contributed by atoms with Gasteiger partial charge in [-0.15, -0.1) is 0 Å². The summed E-state index contributed by atoms with van der Waals surface area (Å²) in [6.45, 7) is 5.28. The third-order valence-electron chi connectivity index (χ3n) is 7.82. The molecule has 1 aromatic carbocycles. The topological polar surface area (TPSA) is 52.7 Å². The van der Waals surface area contributed by atoms with Gasteiger partial charge in [-0.3, -0.25) is 14.5 Å². The molecule has 2 saturated heterocycles. The van der Waals surface area contributed by atoms with Gasteiger partial charge in [-0.2, -0.15) is 0 Å². The molecule has 3 aliphatic rings. The van der Waals surface area contributed by atoms with Crippen LogP contribution < -0.4 is 5.32 Å². The standard InChI is InChI=1S/C26H38ClN3O2/c1-2-3-14-30-24(31)23(18-20-8-5-4-6-9-20)28-25(32)26(30)12-15-29(16-13-26)19-21-10-7-11-22(27)17-21/h7,10-11,17,20,23H,2-6,8-9,12-16,18-19H2,1H3,(H,28,32). The van der Waals surface area contributed by atoms with E-state index in [4.69, 9.17) is 11.6 Å². The normalized spacial score (nSPS) is 24.7. The molecule has 32 heavy (non-hydrogen) atoms. The SMILES string of the molecule is CCCCN1C(=O)C(CC2CCCCC2)NC(=O)C12CCN(Cc1cccc(Cl)c1)CC2. The quantitative estimate of drug-likeness (QED) is 0.638. The number of unbranched alkanes of at least 4 members (excludes halogenated alkanes) is 1. The minimum absolute atomic E-state index is 0.0800. The third-order valence-corrected chi connectivity index (χ3v) is 8.05. The van der Waals surface area contributed by atoms with Gasteiger partial charge in [0.25, 0.3) is 0 Å².